The van der Waals surface area contributed by atoms with Crippen LogP contribution in [0.25, 0.3) is 10.2 Å². The van der Waals surface area contributed by atoms with Crippen LogP contribution in [0.5, 0.6) is 0 Å². The minimum Gasteiger partial charge on any atom is -0.319 e. The topological polar surface area (TPSA) is 34.4 Å². The number of benzene rings is 2. The summed E-state index contributed by atoms with van der Waals surface area (Å²) in [5.41, 5.74) is 3.65. The van der Waals surface area contributed by atoms with Gasteiger partial charge in [0.25, 0.3) is 5.91 Å². The van der Waals surface area contributed by atoms with Crippen molar-refractivity contribution >= 4 is 39.1 Å². The van der Waals surface area contributed by atoms with Crippen molar-refractivity contribution in [1.82, 2.24) is 4.57 Å². The molecule has 0 aliphatic rings. The lowest BCUT2D eigenvalue weighted by atomic mass is 10.1. The first-order chi connectivity index (χ1) is 10.5. The highest BCUT2D eigenvalue weighted by Gasteiger charge is 2.10. The number of nitrogens with zero attached hydrogens (tertiary/aromatic N) is 2. The molecule has 3 nitrogen and oxygen atoms in total. The predicted octanol–water partition coefficient (Wildman–Crippen LogP) is 4.25. The van der Waals surface area contributed by atoms with Gasteiger partial charge in [-0.15, -0.1) is 0 Å². The molecule has 1 amide bonds. The summed E-state index contributed by atoms with van der Waals surface area (Å²) in [7, 11) is 1.90. The quantitative estimate of drug-likeness (QED) is 0.656. The van der Waals surface area contributed by atoms with Gasteiger partial charge in [0.05, 0.1) is 10.2 Å². The Bertz CT molecular complexity index is 953. The second-order valence-corrected chi connectivity index (χ2v) is 6.74. The van der Waals surface area contributed by atoms with Crippen molar-refractivity contribution in [1.29, 1.82) is 0 Å². The number of hydrogen-bond donors (Lipinski definition) is 0. The third kappa shape index (κ3) is 2.72. The average Bonchev–Trinajstić information content (AvgIpc) is 2.77. The molecule has 2 aromatic carbocycles. The normalized spacial score (nSPS) is 12.1. The molecular formula is C17H15ClN2OS. The smallest absolute Gasteiger partial charge is 0.279 e. The lowest BCUT2D eigenvalue weighted by molar-refractivity contribution is 0.0997. The SMILES string of the molecule is Cc1ccc(C)c(C(=O)N=c2sc3cc(Cl)ccc3n2C)c1. The fourth-order valence-electron chi connectivity index (χ4n) is 2.33. The van der Waals surface area contributed by atoms with Crippen LogP contribution in [0.4, 0.5) is 0 Å². The zero-order chi connectivity index (χ0) is 15.9. The fraction of sp³-hybridized carbons (Fsp3) is 0.176. The van der Waals surface area contributed by atoms with Crippen molar-refractivity contribution in [2.45, 2.75) is 13.8 Å². The molecule has 0 bridgehead atoms. The number of aryl methyl sites for hydroxylation is 3. The van der Waals surface area contributed by atoms with E-state index >= 15 is 0 Å². The Balaban J connectivity index is 2.14. The van der Waals surface area contributed by atoms with E-state index in [0.29, 0.717) is 15.4 Å². The summed E-state index contributed by atoms with van der Waals surface area (Å²) >= 11 is 7.48. The third-order valence-electron chi connectivity index (χ3n) is 3.59. The molecule has 1 aromatic heterocycles. The van der Waals surface area contributed by atoms with E-state index in [0.717, 1.165) is 21.3 Å². The molecular weight excluding hydrogens is 316 g/mol. The molecule has 0 radical (unpaired) electrons. The third-order valence-corrected chi connectivity index (χ3v) is 4.92. The molecule has 0 saturated heterocycles. The Labute approximate surface area is 137 Å². The molecule has 0 aliphatic carbocycles. The van der Waals surface area contributed by atoms with E-state index in [4.69, 9.17) is 11.6 Å². The van der Waals surface area contributed by atoms with Gasteiger partial charge in [-0.2, -0.15) is 4.99 Å². The maximum absolute atomic E-state index is 12.5. The standard InChI is InChI=1S/C17H15ClN2OS/c1-10-4-5-11(2)13(8-10)16(21)19-17-20(3)14-7-6-12(18)9-15(14)22-17/h4-9H,1-3H3. The second kappa shape index (κ2) is 5.71. The zero-order valence-corrected chi connectivity index (χ0v) is 14.1. The Morgan fingerprint density at radius 2 is 1.95 bits per heavy atom. The molecule has 0 saturated carbocycles. The number of thiazole rings is 1. The molecule has 5 heteroatoms. The van der Waals surface area contributed by atoms with Crippen LogP contribution in [0.1, 0.15) is 21.5 Å². The molecule has 0 spiro atoms. The summed E-state index contributed by atoms with van der Waals surface area (Å²) in [4.78, 5) is 17.5. The van der Waals surface area contributed by atoms with Crippen LogP contribution in [0, 0.1) is 13.8 Å². The van der Waals surface area contributed by atoms with E-state index in [2.05, 4.69) is 4.99 Å². The van der Waals surface area contributed by atoms with Crippen LogP contribution < -0.4 is 4.80 Å². The Morgan fingerprint density at radius 1 is 1.18 bits per heavy atom. The number of halogens is 1. The number of carbonyl (C=O) groups is 1. The number of aromatic nitrogens is 1. The van der Waals surface area contributed by atoms with Crippen molar-refractivity contribution < 1.29 is 4.79 Å². The fourth-order valence-corrected chi connectivity index (χ4v) is 3.62. The molecule has 3 aromatic rings. The van der Waals surface area contributed by atoms with Gasteiger partial charge in [-0.25, -0.2) is 0 Å². The highest BCUT2D eigenvalue weighted by molar-refractivity contribution is 7.16. The maximum atomic E-state index is 12.5. The minimum atomic E-state index is -0.213. The van der Waals surface area contributed by atoms with Crippen LogP contribution in [-0.2, 0) is 7.05 Å². The molecule has 112 valence electrons. The lowest BCUT2D eigenvalue weighted by Crippen LogP contribution is -2.13. The monoisotopic (exact) mass is 330 g/mol. The van der Waals surface area contributed by atoms with Crippen LogP contribution >= 0.6 is 22.9 Å². The molecule has 0 atom stereocenters. The molecule has 3 rings (SSSR count). The van der Waals surface area contributed by atoms with Gasteiger partial charge in [-0.3, -0.25) is 4.79 Å². The van der Waals surface area contributed by atoms with Gasteiger partial charge in [0, 0.05) is 17.6 Å². The highest BCUT2D eigenvalue weighted by Crippen LogP contribution is 2.21. The summed E-state index contributed by atoms with van der Waals surface area (Å²) in [5, 5.41) is 0.682. The van der Waals surface area contributed by atoms with E-state index in [1.807, 2.05) is 61.9 Å². The highest BCUT2D eigenvalue weighted by atomic mass is 35.5. The average molecular weight is 331 g/mol. The first-order valence-electron chi connectivity index (χ1n) is 6.87. The van der Waals surface area contributed by atoms with Crippen LogP contribution in [0.2, 0.25) is 5.02 Å². The van der Waals surface area contributed by atoms with Gasteiger partial charge >= 0.3 is 0 Å². The van der Waals surface area contributed by atoms with Crippen molar-refractivity contribution in [3.05, 3.63) is 62.9 Å². The number of rotatable bonds is 1. The lowest BCUT2D eigenvalue weighted by Gasteiger charge is -2.02. The molecule has 1 heterocycles. The summed E-state index contributed by atoms with van der Waals surface area (Å²) in [5.74, 6) is -0.213. The van der Waals surface area contributed by atoms with Crippen LogP contribution in [0.3, 0.4) is 0 Å². The van der Waals surface area contributed by atoms with Crippen molar-refractivity contribution in [3.8, 4) is 0 Å². The van der Waals surface area contributed by atoms with E-state index in [1.165, 1.54) is 11.3 Å². The summed E-state index contributed by atoms with van der Waals surface area (Å²) < 4.78 is 2.93. The van der Waals surface area contributed by atoms with Gasteiger partial charge in [0.2, 0.25) is 0 Å². The molecule has 0 aliphatic heterocycles. The molecule has 0 N–H and O–H groups in total. The second-order valence-electron chi connectivity index (χ2n) is 5.29. The van der Waals surface area contributed by atoms with Gasteiger partial charge in [-0.05, 0) is 43.7 Å². The van der Waals surface area contributed by atoms with E-state index in [9.17, 15) is 4.79 Å². The van der Waals surface area contributed by atoms with Gasteiger partial charge in [-0.1, -0.05) is 40.6 Å². The van der Waals surface area contributed by atoms with Crippen molar-refractivity contribution in [2.24, 2.45) is 12.0 Å². The van der Waals surface area contributed by atoms with Gasteiger partial charge < -0.3 is 4.57 Å². The summed E-state index contributed by atoms with van der Waals surface area (Å²) in [6.07, 6.45) is 0. The number of amides is 1. The predicted molar refractivity (Wildman–Crippen MR) is 91.6 cm³/mol. The molecule has 0 unspecified atom stereocenters. The summed E-state index contributed by atoms with van der Waals surface area (Å²) in [6, 6.07) is 11.5. The Hall–Kier alpha value is -1.91. The van der Waals surface area contributed by atoms with E-state index in [-0.39, 0.29) is 5.91 Å². The maximum Gasteiger partial charge on any atom is 0.279 e. The van der Waals surface area contributed by atoms with Crippen LogP contribution in [-0.4, -0.2) is 10.5 Å². The first-order valence-corrected chi connectivity index (χ1v) is 8.06. The van der Waals surface area contributed by atoms with E-state index in [1.54, 1.807) is 0 Å². The molecule has 22 heavy (non-hydrogen) atoms. The minimum absolute atomic E-state index is 0.213. The van der Waals surface area contributed by atoms with Gasteiger partial charge in [0.1, 0.15) is 0 Å². The Kier molecular flexibility index (Phi) is 3.89. The number of hydrogen-bond acceptors (Lipinski definition) is 2. The van der Waals surface area contributed by atoms with Crippen molar-refractivity contribution in [3.63, 3.8) is 0 Å². The first kappa shape index (κ1) is 15.0. The number of carbonyl (C=O) groups excluding carboxylic acids is 1. The largest absolute Gasteiger partial charge is 0.319 e. The van der Waals surface area contributed by atoms with Crippen molar-refractivity contribution in [2.75, 3.05) is 0 Å². The van der Waals surface area contributed by atoms with Gasteiger partial charge in [0.15, 0.2) is 4.80 Å². The Morgan fingerprint density at radius 3 is 2.73 bits per heavy atom. The number of fused-ring (bicyclic) bond motifs is 1. The zero-order valence-electron chi connectivity index (χ0n) is 12.6. The van der Waals surface area contributed by atoms with Crippen LogP contribution in [0.15, 0.2) is 41.4 Å². The molecule has 0 fully saturated rings. The summed E-state index contributed by atoms with van der Waals surface area (Å²) in [6.45, 7) is 3.89. The van der Waals surface area contributed by atoms with E-state index < -0.39 is 0 Å².